The van der Waals surface area contributed by atoms with Crippen molar-refractivity contribution < 1.29 is 14.3 Å². The van der Waals surface area contributed by atoms with Crippen molar-refractivity contribution in [1.29, 1.82) is 0 Å². The molecule has 1 N–H and O–H groups in total. The van der Waals surface area contributed by atoms with Crippen LogP contribution in [0.1, 0.15) is 153 Å². The van der Waals surface area contributed by atoms with Gasteiger partial charge in [0, 0.05) is 24.4 Å². The Bertz CT molecular complexity index is 1390. The fraction of sp³-hybridized carbons (Fsp3) is 0.644. The van der Waals surface area contributed by atoms with Crippen LogP contribution < -0.4 is 10.1 Å². The van der Waals surface area contributed by atoms with E-state index in [9.17, 15) is 4.79 Å². The highest BCUT2D eigenvalue weighted by Crippen LogP contribution is 2.42. The van der Waals surface area contributed by atoms with Gasteiger partial charge in [0.05, 0.1) is 24.8 Å². The van der Waals surface area contributed by atoms with E-state index in [4.69, 9.17) is 21.7 Å². The van der Waals surface area contributed by atoms with Crippen LogP contribution in [0.4, 0.5) is 0 Å². The summed E-state index contributed by atoms with van der Waals surface area (Å²) in [7, 11) is 1.74. The standard InChI is InChI=1S/C45H69N3O3S/c1-6-7-8-9-10-11-12-13-14-15-16-17-21-25-39-26-22-27-40(50-5)42(39)43-41(44(49)51-35(2)3)36(4)46-45(52)48(43)33-30-37-28-31-47(32-29-37)34-38-23-19-18-20-24-38/h18-20,22-24,26-27,35,37,43H,6-17,21,25,28-34H2,1-5H3,(H,46,52). The van der Waals surface area contributed by atoms with Crippen LogP contribution in [0.2, 0.25) is 0 Å². The van der Waals surface area contributed by atoms with Crippen LogP contribution in [0.3, 0.4) is 0 Å². The highest BCUT2D eigenvalue weighted by molar-refractivity contribution is 7.80. The first-order chi connectivity index (χ1) is 25.3. The molecule has 0 radical (unpaired) electrons. The highest BCUT2D eigenvalue weighted by Gasteiger charge is 2.40. The molecule has 1 fully saturated rings. The third-order valence-corrected chi connectivity index (χ3v) is 11.4. The Morgan fingerprint density at radius 2 is 1.48 bits per heavy atom. The van der Waals surface area contributed by atoms with Crippen LogP contribution in [0.25, 0.3) is 0 Å². The van der Waals surface area contributed by atoms with Crippen molar-refractivity contribution in [3.63, 3.8) is 0 Å². The summed E-state index contributed by atoms with van der Waals surface area (Å²) in [5, 5.41) is 4.06. The van der Waals surface area contributed by atoms with Crippen molar-refractivity contribution in [3.05, 3.63) is 76.5 Å². The summed E-state index contributed by atoms with van der Waals surface area (Å²) in [5.74, 6) is 1.13. The molecular weight excluding hydrogens is 663 g/mol. The number of nitrogens with one attached hydrogen (secondary N) is 1. The van der Waals surface area contributed by atoms with Crippen molar-refractivity contribution in [2.45, 2.75) is 156 Å². The second kappa shape index (κ2) is 23.0. The molecule has 0 saturated carbocycles. The van der Waals surface area contributed by atoms with Gasteiger partial charge >= 0.3 is 5.97 Å². The number of methoxy groups -OCH3 is 1. The fourth-order valence-corrected chi connectivity index (χ4v) is 8.43. The molecule has 0 aliphatic carbocycles. The number of hydrogen-bond donors (Lipinski definition) is 1. The molecule has 52 heavy (non-hydrogen) atoms. The number of likely N-dealkylation sites (tertiary alicyclic amines) is 1. The Balaban J connectivity index is 1.41. The highest BCUT2D eigenvalue weighted by atomic mass is 32.1. The van der Waals surface area contributed by atoms with Crippen LogP contribution in [0, 0.1) is 5.92 Å². The minimum atomic E-state index is -0.369. The number of benzene rings is 2. The minimum Gasteiger partial charge on any atom is -0.496 e. The molecule has 2 heterocycles. The number of carbonyl (C=O) groups excluding carboxylic acids is 1. The molecule has 0 bridgehead atoms. The first kappa shape index (κ1) is 41.9. The van der Waals surface area contributed by atoms with Crippen molar-refractivity contribution in [2.75, 3.05) is 26.7 Å². The zero-order valence-electron chi connectivity index (χ0n) is 33.2. The van der Waals surface area contributed by atoms with E-state index in [0.717, 1.165) is 62.5 Å². The lowest BCUT2D eigenvalue weighted by atomic mass is 9.87. The molecule has 4 rings (SSSR count). The van der Waals surface area contributed by atoms with E-state index in [1.54, 1.807) is 7.11 Å². The Labute approximate surface area is 322 Å². The quantitative estimate of drug-likeness (QED) is 0.0694. The van der Waals surface area contributed by atoms with Gasteiger partial charge in [-0.2, -0.15) is 0 Å². The van der Waals surface area contributed by atoms with Gasteiger partial charge in [-0.15, -0.1) is 0 Å². The SMILES string of the molecule is CCCCCCCCCCCCCCCc1cccc(OC)c1C1C(C(=O)OC(C)C)=C(C)NC(=S)N1CCC1CCN(Cc2ccccc2)CC1. The van der Waals surface area contributed by atoms with E-state index in [0.29, 0.717) is 16.6 Å². The van der Waals surface area contributed by atoms with Gasteiger partial charge in [-0.05, 0) is 101 Å². The van der Waals surface area contributed by atoms with Gasteiger partial charge in [-0.3, -0.25) is 4.90 Å². The second-order valence-electron chi connectivity index (χ2n) is 15.5. The van der Waals surface area contributed by atoms with Gasteiger partial charge in [0.1, 0.15) is 5.75 Å². The minimum absolute atomic E-state index is 0.222. The van der Waals surface area contributed by atoms with Gasteiger partial charge in [0.25, 0.3) is 0 Å². The summed E-state index contributed by atoms with van der Waals surface area (Å²) >= 11 is 6.07. The van der Waals surface area contributed by atoms with E-state index < -0.39 is 0 Å². The molecule has 288 valence electrons. The number of carbonyl (C=O) groups is 1. The van der Waals surface area contributed by atoms with Crippen LogP contribution in [0.15, 0.2) is 59.8 Å². The zero-order valence-corrected chi connectivity index (χ0v) is 34.0. The first-order valence-electron chi connectivity index (χ1n) is 20.7. The van der Waals surface area contributed by atoms with Crippen molar-refractivity contribution >= 4 is 23.3 Å². The van der Waals surface area contributed by atoms with E-state index in [-0.39, 0.29) is 18.1 Å². The van der Waals surface area contributed by atoms with E-state index >= 15 is 0 Å². The summed E-state index contributed by atoms with van der Waals surface area (Å²) in [5.41, 5.74) is 5.07. The topological polar surface area (TPSA) is 54.0 Å². The maximum atomic E-state index is 13.9. The number of nitrogens with zero attached hydrogens (tertiary/aromatic N) is 2. The number of allylic oxidation sites excluding steroid dienone is 1. The molecule has 0 spiro atoms. The number of ether oxygens (including phenoxy) is 2. The zero-order chi connectivity index (χ0) is 37.1. The molecule has 1 saturated heterocycles. The molecule has 1 atom stereocenters. The van der Waals surface area contributed by atoms with Crippen molar-refractivity contribution in [3.8, 4) is 5.75 Å². The molecule has 7 heteroatoms. The van der Waals surface area contributed by atoms with Gasteiger partial charge in [0.2, 0.25) is 0 Å². The summed E-state index contributed by atoms with van der Waals surface area (Å²) in [6, 6.07) is 16.8. The average molecular weight is 732 g/mol. The Kier molecular flexibility index (Phi) is 18.5. The third-order valence-electron chi connectivity index (χ3n) is 11.0. The molecule has 2 aromatic carbocycles. The van der Waals surface area contributed by atoms with Crippen LogP contribution in [-0.4, -0.2) is 53.7 Å². The lowest BCUT2D eigenvalue weighted by Gasteiger charge is -2.42. The number of rotatable bonds is 23. The second-order valence-corrected chi connectivity index (χ2v) is 15.9. The van der Waals surface area contributed by atoms with Crippen LogP contribution >= 0.6 is 12.2 Å². The smallest absolute Gasteiger partial charge is 0.338 e. The summed E-state index contributed by atoms with van der Waals surface area (Å²) in [4.78, 5) is 18.7. The first-order valence-corrected chi connectivity index (χ1v) is 21.1. The van der Waals surface area contributed by atoms with Gasteiger partial charge in [-0.1, -0.05) is 126 Å². The largest absolute Gasteiger partial charge is 0.496 e. The molecule has 0 amide bonds. The number of thiocarbonyl (C=S) groups is 1. The number of piperidine rings is 1. The van der Waals surface area contributed by atoms with Gasteiger partial charge in [0.15, 0.2) is 5.11 Å². The molecular formula is C45H69N3O3S. The predicted molar refractivity (Wildman–Crippen MR) is 221 cm³/mol. The number of aryl methyl sites for hydroxylation is 1. The van der Waals surface area contributed by atoms with Gasteiger partial charge < -0.3 is 19.7 Å². The molecule has 2 aromatic rings. The van der Waals surface area contributed by atoms with Crippen LogP contribution in [0.5, 0.6) is 5.75 Å². The lowest BCUT2D eigenvalue weighted by molar-refractivity contribution is -0.143. The molecule has 2 aliphatic rings. The van der Waals surface area contributed by atoms with E-state index in [1.165, 1.54) is 101 Å². The van der Waals surface area contributed by atoms with Gasteiger partial charge in [-0.25, -0.2) is 4.79 Å². The maximum absolute atomic E-state index is 13.9. The molecule has 0 aromatic heterocycles. The fourth-order valence-electron chi connectivity index (χ4n) is 8.08. The lowest BCUT2D eigenvalue weighted by Crippen LogP contribution is -2.49. The summed E-state index contributed by atoms with van der Waals surface area (Å²) < 4.78 is 12.0. The molecule has 6 nitrogen and oxygen atoms in total. The predicted octanol–water partition coefficient (Wildman–Crippen LogP) is 11.1. The average Bonchev–Trinajstić information content (AvgIpc) is 3.13. The van der Waals surface area contributed by atoms with E-state index in [1.807, 2.05) is 26.8 Å². The normalized spacial score (nSPS) is 17.2. The Morgan fingerprint density at radius 1 is 0.865 bits per heavy atom. The Morgan fingerprint density at radius 3 is 2.08 bits per heavy atom. The third kappa shape index (κ3) is 13.2. The van der Waals surface area contributed by atoms with Crippen molar-refractivity contribution in [1.82, 2.24) is 15.1 Å². The molecule has 1 unspecified atom stereocenters. The maximum Gasteiger partial charge on any atom is 0.338 e. The molecule has 2 aliphatic heterocycles. The number of unbranched alkanes of at least 4 members (excludes halogenated alkanes) is 12. The Hall–Kier alpha value is -2.90. The van der Waals surface area contributed by atoms with Crippen molar-refractivity contribution in [2.24, 2.45) is 5.92 Å². The summed E-state index contributed by atoms with van der Waals surface area (Å²) in [6.07, 6.45) is 21.4. The monoisotopic (exact) mass is 732 g/mol. The van der Waals surface area contributed by atoms with Crippen LogP contribution in [-0.2, 0) is 22.5 Å². The summed E-state index contributed by atoms with van der Waals surface area (Å²) in [6.45, 7) is 12.0. The van der Waals surface area contributed by atoms with E-state index in [2.05, 4.69) is 64.5 Å². The number of hydrogen-bond acceptors (Lipinski definition) is 5. The number of esters is 1.